The van der Waals surface area contributed by atoms with Crippen molar-refractivity contribution in [3.63, 3.8) is 0 Å². The van der Waals surface area contributed by atoms with Gasteiger partial charge in [0.25, 0.3) is 0 Å². The van der Waals surface area contributed by atoms with E-state index in [0.717, 1.165) is 17.9 Å². The van der Waals surface area contributed by atoms with Crippen LogP contribution in [-0.4, -0.2) is 70.5 Å². The molecule has 9 heteroatoms. The molecular formula is C13H20N4O3S2. The van der Waals surface area contributed by atoms with E-state index >= 15 is 0 Å². The average Bonchev–Trinajstić information content (AvgIpc) is 3.16. The molecule has 122 valence electrons. The van der Waals surface area contributed by atoms with Crippen molar-refractivity contribution in [3.05, 3.63) is 12.4 Å². The lowest BCUT2D eigenvalue weighted by Gasteiger charge is -2.31. The van der Waals surface area contributed by atoms with Crippen LogP contribution in [0.15, 0.2) is 17.3 Å². The van der Waals surface area contributed by atoms with Gasteiger partial charge in [-0.2, -0.15) is 21.2 Å². The SMILES string of the molecule is Cn1cc(S(=O)(=O)N2CCCC2C(=O)N2CCSCC2)cn1. The first-order chi connectivity index (χ1) is 10.5. The molecule has 1 unspecified atom stereocenters. The molecule has 0 N–H and O–H groups in total. The summed E-state index contributed by atoms with van der Waals surface area (Å²) in [6.07, 6.45) is 4.14. The molecule has 3 heterocycles. The topological polar surface area (TPSA) is 75.5 Å². The minimum atomic E-state index is -3.65. The van der Waals surface area contributed by atoms with Gasteiger partial charge in [-0.3, -0.25) is 9.48 Å². The van der Waals surface area contributed by atoms with E-state index < -0.39 is 16.1 Å². The number of sulfonamides is 1. The standard InChI is InChI=1S/C13H20N4O3S2/c1-15-10-11(9-14-15)22(19,20)17-4-2-3-12(17)13(18)16-5-7-21-8-6-16/h9-10,12H,2-8H2,1H3. The van der Waals surface area contributed by atoms with Crippen molar-refractivity contribution in [1.82, 2.24) is 19.0 Å². The zero-order valence-electron chi connectivity index (χ0n) is 12.5. The summed E-state index contributed by atoms with van der Waals surface area (Å²) in [5, 5.41) is 3.93. The summed E-state index contributed by atoms with van der Waals surface area (Å²) in [5.74, 6) is 1.80. The van der Waals surface area contributed by atoms with Gasteiger partial charge in [-0.15, -0.1) is 0 Å². The summed E-state index contributed by atoms with van der Waals surface area (Å²) in [4.78, 5) is 14.6. The normalized spacial score (nSPS) is 23.9. The van der Waals surface area contributed by atoms with Crippen LogP contribution in [-0.2, 0) is 21.9 Å². The lowest BCUT2D eigenvalue weighted by atomic mass is 10.2. The maximum absolute atomic E-state index is 12.7. The second-order valence-corrected chi connectivity index (χ2v) is 8.68. The van der Waals surface area contributed by atoms with Crippen molar-refractivity contribution in [3.8, 4) is 0 Å². The Hall–Kier alpha value is -1.06. The Labute approximate surface area is 134 Å². The molecule has 0 aromatic carbocycles. The van der Waals surface area contributed by atoms with Crippen molar-refractivity contribution in [1.29, 1.82) is 0 Å². The first kappa shape index (κ1) is 15.8. The first-order valence-electron chi connectivity index (χ1n) is 7.37. The highest BCUT2D eigenvalue weighted by molar-refractivity contribution is 7.99. The van der Waals surface area contributed by atoms with E-state index in [0.29, 0.717) is 26.1 Å². The van der Waals surface area contributed by atoms with Crippen LogP contribution in [0.3, 0.4) is 0 Å². The van der Waals surface area contributed by atoms with Gasteiger partial charge in [0.1, 0.15) is 10.9 Å². The Kier molecular flexibility index (Phi) is 4.47. The van der Waals surface area contributed by atoms with Crippen LogP contribution in [0.2, 0.25) is 0 Å². The fourth-order valence-electron chi connectivity index (χ4n) is 2.94. The molecule has 0 bridgehead atoms. The van der Waals surface area contributed by atoms with Gasteiger partial charge in [-0.1, -0.05) is 0 Å². The maximum Gasteiger partial charge on any atom is 0.246 e. The number of thioether (sulfide) groups is 1. The van der Waals surface area contributed by atoms with Crippen LogP contribution < -0.4 is 0 Å². The lowest BCUT2D eigenvalue weighted by Crippen LogP contribution is -2.49. The van der Waals surface area contributed by atoms with E-state index in [4.69, 9.17) is 0 Å². The fourth-order valence-corrected chi connectivity index (χ4v) is 5.48. The molecule has 1 aromatic heterocycles. The van der Waals surface area contributed by atoms with Crippen LogP contribution >= 0.6 is 11.8 Å². The highest BCUT2D eigenvalue weighted by Gasteiger charge is 2.41. The zero-order valence-corrected chi connectivity index (χ0v) is 14.1. The summed E-state index contributed by atoms with van der Waals surface area (Å²) < 4.78 is 28.3. The predicted octanol–water partition coefficient (Wildman–Crippen LogP) is 0.149. The fraction of sp³-hybridized carbons (Fsp3) is 0.692. The number of hydrogen-bond donors (Lipinski definition) is 0. The third-order valence-corrected chi connectivity index (χ3v) is 6.90. The minimum absolute atomic E-state index is 0.0507. The highest BCUT2D eigenvalue weighted by atomic mass is 32.2. The number of aromatic nitrogens is 2. The summed E-state index contributed by atoms with van der Waals surface area (Å²) >= 11 is 1.83. The monoisotopic (exact) mass is 344 g/mol. The average molecular weight is 344 g/mol. The largest absolute Gasteiger partial charge is 0.340 e. The van der Waals surface area contributed by atoms with E-state index in [1.54, 1.807) is 11.9 Å². The Bertz CT molecular complexity index is 652. The molecule has 3 rings (SSSR count). The van der Waals surface area contributed by atoms with Crippen molar-refractivity contribution in [2.45, 2.75) is 23.8 Å². The van der Waals surface area contributed by atoms with Crippen LogP contribution in [0, 0.1) is 0 Å². The summed E-state index contributed by atoms with van der Waals surface area (Å²) in [6.45, 7) is 1.82. The van der Waals surface area contributed by atoms with Gasteiger partial charge >= 0.3 is 0 Å². The van der Waals surface area contributed by atoms with Crippen molar-refractivity contribution in [2.24, 2.45) is 7.05 Å². The molecule has 0 radical (unpaired) electrons. The van der Waals surface area contributed by atoms with Gasteiger partial charge in [0, 0.05) is 44.4 Å². The molecule has 0 spiro atoms. The van der Waals surface area contributed by atoms with Gasteiger partial charge in [-0.25, -0.2) is 8.42 Å². The molecule has 0 aliphatic carbocycles. The quantitative estimate of drug-likeness (QED) is 0.780. The van der Waals surface area contributed by atoms with Crippen LogP contribution in [0.1, 0.15) is 12.8 Å². The molecule has 2 fully saturated rings. The number of carbonyl (C=O) groups is 1. The lowest BCUT2D eigenvalue weighted by molar-refractivity contribution is -0.134. The van der Waals surface area contributed by atoms with Crippen LogP contribution in [0.5, 0.6) is 0 Å². The van der Waals surface area contributed by atoms with E-state index in [9.17, 15) is 13.2 Å². The molecule has 2 aliphatic heterocycles. The van der Waals surface area contributed by atoms with E-state index in [1.165, 1.54) is 21.4 Å². The van der Waals surface area contributed by atoms with Gasteiger partial charge in [0.15, 0.2) is 0 Å². The zero-order chi connectivity index (χ0) is 15.7. The Morgan fingerprint density at radius 3 is 2.68 bits per heavy atom. The van der Waals surface area contributed by atoms with Crippen LogP contribution in [0.4, 0.5) is 0 Å². The second-order valence-electron chi connectivity index (χ2n) is 5.56. The van der Waals surface area contributed by atoms with E-state index in [-0.39, 0.29) is 10.8 Å². The van der Waals surface area contributed by atoms with Crippen molar-refractivity contribution >= 4 is 27.7 Å². The number of hydrogen-bond acceptors (Lipinski definition) is 5. The predicted molar refractivity (Wildman–Crippen MR) is 84.0 cm³/mol. The maximum atomic E-state index is 12.7. The molecule has 1 aromatic rings. The molecule has 1 atom stereocenters. The van der Waals surface area contributed by atoms with Crippen molar-refractivity contribution in [2.75, 3.05) is 31.1 Å². The molecule has 0 saturated carbocycles. The minimum Gasteiger partial charge on any atom is -0.340 e. The van der Waals surface area contributed by atoms with Gasteiger partial charge in [-0.05, 0) is 12.8 Å². The Morgan fingerprint density at radius 2 is 2.05 bits per heavy atom. The second kappa shape index (κ2) is 6.21. The number of carbonyl (C=O) groups excluding carboxylic acids is 1. The van der Waals surface area contributed by atoms with Gasteiger partial charge in [0.2, 0.25) is 15.9 Å². The van der Waals surface area contributed by atoms with Crippen LogP contribution in [0.25, 0.3) is 0 Å². The van der Waals surface area contributed by atoms with Gasteiger partial charge < -0.3 is 4.90 Å². The molecular weight excluding hydrogens is 324 g/mol. The number of aryl methyl sites for hydroxylation is 1. The Morgan fingerprint density at radius 1 is 1.32 bits per heavy atom. The summed E-state index contributed by atoms with van der Waals surface area (Å²) in [5.41, 5.74) is 0. The third kappa shape index (κ3) is 2.89. The van der Waals surface area contributed by atoms with E-state index in [1.807, 2.05) is 11.8 Å². The summed E-state index contributed by atoms with van der Waals surface area (Å²) in [6, 6.07) is -0.562. The molecule has 1 amide bonds. The third-order valence-electron chi connectivity index (χ3n) is 4.10. The first-order valence-corrected chi connectivity index (χ1v) is 9.96. The number of nitrogens with zero attached hydrogens (tertiary/aromatic N) is 4. The summed E-state index contributed by atoms with van der Waals surface area (Å²) in [7, 11) is -1.98. The molecule has 7 nitrogen and oxygen atoms in total. The number of amides is 1. The smallest absolute Gasteiger partial charge is 0.246 e. The van der Waals surface area contributed by atoms with E-state index in [2.05, 4.69) is 5.10 Å². The van der Waals surface area contributed by atoms with Crippen molar-refractivity contribution < 1.29 is 13.2 Å². The molecule has 22 heavy (non-hydrogen) atoms. The Balaban J connectivity index is 1.82. The highest BCUT2D eigenvalue weighted by Crippen LogP contribution is 2.27. The molecule has 2 aliphatic rings. The van der Waals surface area contributed by atoms with Gasteiger partial charge in [0.05, 0.1) is 6.20 Å². The number of rotatable bonds is 3. The molecule has 2 saturated heterocycles.